The largest absolute Gasteiger partial charge is 0.376 e. The number of amidine groups is 1. The van der Waals surface area contributed by atoms with Gasteiger partial charge < -0.3 is 15.0 Å². The van der Waals surface area contributed by atoms with E-state index in [2.05, 4.69) is 10.3 Å². The summed E-state index contributed by atoms with van der Waals surface area (Å²) in [5.74, 6) is 0.160. The molecule has 1 amide bonds. The van der Waals surface area contributed by atoms with Crippen molar-refractivity contribution in [3.05, 3.63) is 30.3 Å². The molecule has 0 spiro atoms. The highest BCUT2D eigenvalue weighted by Gasteiger charge is 2.44. The van der Waals surface area contributed by atoms with E-state index in [1.54, 1.807) is 0 Å². The Bertz CT molecular complexity index is 822. The van der Waals surface area contributed by atoms with Gasteiger partial charge in [0.1, 0.15) is 6.54 Å². The fourth-order valence-electron chi connectivity index (χ4n) is 3.58. The van der Waals surface area contributed by atoms with Crippen LogP contribution in [0.3, 0.4) is 0 Å². The molecule has 0 aromatic heterocycles. The van der Waals surface area contributed by atoms with Gasteiger partial charge in [0.15, 0.2) is 15.0 Å². The molecule has 3 aliphatic rings. The minimum absolute atomic E-state index is 0.0498. The van der Waals surface area contributed by atoms with Crippen molar-refractivity contribution in [1.82, 2.24) is 5.32 Å². The predicted molar refractivity (Wildman–Crippen MR) is 107 cm³/mol. The molecule has 2 fully saturated rings. The number of hydrogen-bond acceptors (Lipinski definition) is 7. The Kier molecular flexibility index (Phi) is 5.43. The van der Waals surface area contributed by atoms with E-state index in [4.69, 9.17) is 4.74 Å². The molecule has 2 saturated heterocycles. The van der Waals surface area contributed by atoms with Crippen LogP contribution in [0.5, 0.6) is 0 Å². The number of ether oxygens (including phenoxy) is 1. The number of anilines is 1. The molecule has 0 bridgehead atoms. The standard InChI is InChI=1S/C18H23N3O4S2/c22-17(19-9-14-7-4-8-25-14)10-21(13-5-2-1-3-6-13)18-20-15-11-27(23,24)12-16(15)26-18/h1-3,5-6,14-16H,4,7-12H2,(H,19,22)/t14?,15-,16+/m1/s1. The van der Waals surface area contributed by atoms with Crippen LogP contribution in [0.25, 0.3) is 0 Å². The number of benzene rings is 1. The summed E-state index contributed by atoms with van der Waals surface area (Å²) in [4.78, 5) is 19.0. The minimum Gasteiger partial charge on any atom is -0.376 e. The van der Waals surface area contributed by atoms with Gasteiger partial charge >= 0.3 is 0 Å². The highest BCUT2D eigenvalue weighted by Crippen LogP contribution is 2.36. The zero-order valence-corrected chi connectivity index (χ0v) is 16.5. The van der Waals surface area contributed by atoms with Crippen LogP contribution in [-0.2, 0) is 19.4 Å². The van der Waals surface area contributed by atoms with Gasteiger partial charge in [0, 0.05) is 24.1 Å². The number of para-hydroxylation sites is 1. The minimum atomic E-state index is -3.00. The van der Waals surface area contributed by atoms with Gasteiger partial charge in [-0.1, -0.05) is 30.0 Å². The van der Waals surface area contributed by atoms with Gasteiger partial charge in [-0.3, -0.25) is 9.79 Å². The molecule has 1 unspecified atom stereocenters. The van der Waals surface area contributed by atoms with Crippen LogP contribution in [0, 0.1) is 0 Å². The van der Waals surface area contributed by atoms with E-state index in [1.165, 1.54) is 11.8 Å². The molecule has 3 heterocycles. The molecule has 1 aromatic carbocycles. The number of carbonyl (C=O) groups excluding carboxylic acids is 1. The number of nitrogens with zero attached hydrogens (tertiary/aromatic N) is 2. The number of amides is 1. The van der Waals surface area contributed by atoms with Crippen LogP contribution < -0.4 is 10.2 Å². The lowest BCUT2D eigenvalue weighted by molar-refractivity contribution is -0.120. The maximum absolute atomic E-state index is 12.5. The fourth-order valence-corrected chi connectivity index (χ4v) is 7.36. The van der Waals surface area contributed by atoms with E-state index >= 15 is 0 Å². The van der Waals surface area contributed by atoms with E-state index in [-0.39, 0.29) is 41.4 Å². The summed E-state index contributed by atoms with van der Waals surface area (Å²) in [7, 11) is -3.00. The number of nitrogens with one attached hydrogen (secondary N) is 1. The smallest absolute Gasteiger partial charge is 0.240 e. The molecule has 27 heavy (non-hydrogen) atoms. The lowest BCUT2D eigenvalue weighted by Gasteiger charge is -2.24. The number of sulfone groups is 1. The third kappa shape index (κ3) is 4.47. The summed E-state index contributed by atoms with van der Waals surface area (Å²) in [6.07, 6.45) is 2.11. The van der Waals surface area contributed by atoms with Crippen LogP contribution in [-0.4, -0.2) is 68.1 Å². The van der Waals surface area contributed by atoms with E-state index in [0.717, 1.165) is 30.3 Å². The average molecular weight is 410 g/mol. The van der Waals surface area contributed by atoms with Gasteiger partial charge in [0.05, 0.1) is 23.7 Å². The maximum atomic E-state index is 12.5. The summed E-state index contributed by atoms with van der Waals surface area (Å²) < 4.78 is 29.2. The Hall–Kier alpha value is -1.58. The molecule has 3 atom stereocenters. The number of fused-ring (bicyclic) bond motifs is 1. The van der Waals surface area contributed by atoms with Crippen LogP contribution in [0.4, 0.5) is 5.69 Å². The third-order valence-corrected chi connectivity index (χ3v) is 8.20. The topological polar surface area (TPSA) is 88.1 Å². The summed E-state index contributed by atoms with van der Waals surface area (Å²) in [5.41, 5.74) is 0.874. The molecule has 4 rings (SSSR count). The summed E-state index contributed by atoms with van der Waals surface area (Å²) in [6, 6.07) is 9.40. The first-order valence-electron chi connectivity index (χ1n) is 9.16. The van der Waals surface area contributed by atoms with Crippen molar-refractivity contribution in [2.75, 3.05) is 36.1 Å². The first kappa shape index (κ1) is 18.8. The van der Waals surface area contributed by atoms with Crippen LogP contribution in [0.1, 0.15) is 12.8 Å². The Morgan fingerprint density at radius 2 is 2.11 bits per heavy atom. The summed E-state index contributed by atoms with van der Waals surface area (Å²) >= 11 is 1.46. The van der Waals surface area contributed by atoms with E-state index in [1.807, 2.05) is 35.2 Å². The van der Waals surface area contributed by atoms with Crippen molar-refractivity contribution in [2.45, 2.75) is 30.2 Å². The zero-order valence-electron chi connectivity index (χ0n) is 14.9. The number of carbonyl (C=O) groups is 1. The second-order valence-electron chi connectivity index (χ2n) is 7.07. The Balaban J connectivity index is 1.46. The van der Waals surface area contributed by atoms with Crippen molar-refractivity contribution in [2.24, 2.45) is 4.99 Å². The highest BCUT2D eigenvalue weighted by atomic mass is 32.2. The molecule has 7 nitrogen and oxygen atoms in total. The summed E-state index contributed by atoms with van der Waals surface area (Å²) in [6.45, 7) is 1.43. The van der Waals surface area contributed by atoms with Gasteiger partial charge in [-0.05, 0) is 25.0 Å². The van der Waals surface area contributed by atoms with Crippen molar-refractivity contribution in [3.8, 4) is 0 Å². The van der Waals surface area contributed by atoms with E-state index < -0.39 is 9.84 Å². The number of thioether (sulfide) groups is 1. The van der Waals surface area contributed by atoms with Gasteiger partial charge in [-0.2, -0.15) is 0 Å². The van der Waals surface area contributed by atoms with Gasteiger partial charge in [0.25, 0.3) is 0 Å². The Morgan fingerprint density at radius 1 is 1.30 bits per heavy atom. The highest BCUT2D eigenvalue weighted by molar-refractivity contribution is 8.15. The lowest BCUT2D eigenvalue weighted by Crippen LogP contribution is -2.42. The molecule has 1 N–H and O–H groups in total. The van der Waals surface area contributed by atoms with Crippen LogP contribution in [0.2, 0.25) is 0 Å². The van der Waals surface area contributed by atoms with Gasteiger partial charge in [-0.15, -0.1) is 0 Å². The van der Waals surface area contributed by atoms with Crippen molar-refractivity contribution in [1.29, 1.82) is 0 Å². The predicted octanol–water partition coefficient (Wildman–Crippen LogP) is 1.06. The van der Waals surface area contributed by atoms with Crippen LogP contribution in [0.15, 0.2) is 35.3 Å². The van der Waals surface area contributed by atoms with Gasteiger partial charge in [0.2, 0.25) is 5.91 Å². The molecular formula is C18H23N3O4S2. The zero-order chi connectivity index (χ0) is 18.9. The van der Waals surface area contributed by atoms with Gasteiger partial charge in [-0.25, -0.2) is 8.42 Å². The number of rotatable bonds is 5. The molecule has 3 aliphatic heterocycles. The first-order chi connectivity index (χ1) is 13.0. The fraction of sp³-hybridized carbons (Fsp3) is 0.556. The molecule has 0 saturated carbocycles. The Labute approximate surface area is 163 Å². The SMILES string of the molecule is O=C(CN(C1=N[C@@H]2CS(=O)(=O)C[C@@H]2S1)c1ccccc1)NCC1CCCO1. The maximum Gasteiger partial charge on any atom is 0.240 e. The van der Waals surface area contributed by atoms with E-state index in [9.17, 15) is 13.2 Å². The second-order valence-corrected chi connectivity index (χ2v) is 10.4. The van der Waals surface area contributed by atoms with E-state index in [0.29, 0.717) is 6.54 Å². The first-order valence-corrected chi connectivity index (χ1v) is 11.9. The molecule has 9 heteroatoms. The monoisotopic (exact) mass is 409 g/mol. The number of hydrogen-bond donors (Lipinski definition) is 1. The summed E-state index contributed by atoms with van der Waals surface area (Å²) in [5, 5.41) is 3.62. The molecule has 0 aliphatic carbocycles. The molecular weight excluding hydrogens is 386 g/mol. The molecule has 0 radical (unpaired) electrons. The van der Waals surface area contributed by atoms with Crippen molar-refractivity contribution >= 4 is 38.4 Å². The average Bonchev–Trinajstić information content (AvgIpc) is 3.33. The lowest BCUT2D eigenvalue weighted by atomic mass is 10.2. The third-order valence-electron chi connectivity index (χ3n) is 4.96. The Morgan fingerprint density at radius 3 is 2.81 bits per heavy atom. The normalized spacial score (nSPS) is 28.6. The van der Waals surface area contributed by atoms with Crippen molar-refractivity contribution < 1.29 is 17.9 Å². The second kappa shape index (κ2) is 7.81. The quantitative estimate of drug-likeness (QED) is 0.782. The molecule has 1 aromatic rings. The number of aliphatic imine (C=N–C) groups is 1. The van der Waals surface area contributed by atoms with Crippen LogP contribution >= 0.6 is 11.8 Å². The van der Waals surface area contributed by atoms with Crippen molar-refractivity contribution in [3.63, 3.8) is 0 Å². The molecule has 146 valence electrons.